The molecular formula is C71H48N6. The Morgan fingerprint density at radius 3 is 1.49 bits per heavy atom. The van der Waals surface area contributed by atoms with Gasteiger partial charge in [0.2, 0.25) is 5.95 Å². The summed E-state index contributed by atoms with van der Waals surface area (Å²) in [5, 5.41) is 7.01. The Hall–Kier alpha value is -10.3. The lowest BCUT2D eigenvalue weighted by molar-refractivity contribution is 0.952. The van der Waals surface area contributed by atoms with E-state index >= 15 is 0 Å². The Kier molecular flexibility index (Phi) is 10.3. The lowest BCUT2D eigenvalue weighted by Crippen LogP contribution is -2.17. The van der Waals surface area contributed by atoms with Crippen molar-refractivity contribution >= 4 is 87.9 Å². The van der Waals surface area contributed by atoms with E-state index in [4.69, 9.17) is 9.97 Å². The molecule has 6 nitrogen and oxygen atoms in total. The minimum absolute atomic E-state index is 0.599. The molecule has 0 radical (unpaired) electrons. The van der Waals surface area contributed by atoms with Crippen molar-refractivity contribution < 1.29 is 0 Å². The molecule has 0 aliphatic carbocycles. The molecule has 0 N–H and O–H groups in total. The number of hydrogen-bond donors (Lipinski definition) is 0. The van der Waals surface area contributed by atoms with Crippen LogP contribution in [0, 0.1) is 0 Å². The van der Waals surface area contributed by atoms with Crippen molar-refractivity contribution in [3.8, 4) is 39.8 Å². The molecule has 77 heavy (non-hydrogen) atoms. The lowest BCUT2D eigenvalue weighted by Gasteiger charge is -2.26. The average molecular weight is 985 g/mol. The number of aromatic nitrogens is 5. The Bertz CT molecular complexity index is 4730. The number of rotatable bonds is 7. The molecule has 0 bridgehead atoms. The first kappa shape index (κ1) is 44.2. The van der Waals surface area contributed by atoms with Gasteiger partial charge in [-0.25, -0.2) is 4.98 Å². The van der Waals surface area contributed by atoms with Crippen LogP contribution in [0.3, 0.4) is 0 Å². The molecule has 362 valence electrons. The molecule has 5 heterocycles. The highest BCUT2D eigenvalue weighted by molar-refractivity contribution is 6.13. The first-order chi connectivity index (χ1) is 38.1. The number of anilines is 2. The van der Waals surface area contributed by atoms with Gasteiger partial charge in [-0.3, -0.25) is 9.13 Å². The standard InChI is InChI=1S/C71H48N6/c1-47-42-49(22-19-41-74(53-23-7-3-8-24-53)63-31-15-11-27-55(47)63)50-36-39-68-60(43-50)57-29-13-17-33-65(57)76(68)70-46-62(48-20-5-2-6-21-48)72-71(73-70)77-66-34-18-14-30-58(66)61-45-52(37-40-69(61)77)51-35-38-67-59(44-51)56-28-12-16-32-64(56)75(67)54-25-9-4-10-26-54/h2-40,42-46H,1,41H2/b22-19-,49-42+. The molecule has 14 aromatic rings. The number of hydrogen-bond acceptors (Lipinski definition) is 3. The second-order valence-corrected chi connectivity index (χ2v) is 19.9. The van der Waals surface area contributed by atoms with Gasteiger partial charge in [-0.1, -0.05) is 176 Å². The summed E-state index contributed by atoms with van der Waals surface area (Å²) in [5.74, 6) is 1.38. The topological polar surface area (TPSA) is 43.8 Å². The molecule has 0 atom stereocenters. The van der Waals surface area contributed by atoms with Gasteiger partial charge in [0, 0.05) is 73.1 Å². The van der Waals surface area contributed by atoms with Gasteiger partial charge in [-0.2, -0.15) is 4.98 Å². The molecule has 4 aromatic heterocycles. The largest absolute Gasteiger partial charge is 0.337 e. The third-order valence-electron chi connectivity index (χ3n) is 15.4. The maximum atomic E-state index is 5.60. The van der Waals surface area contributed by atoms with Gasteiger partial charge >= 0.3 is 0 Å². The minimum atomic E-state index is 0.599. The van der Waals surface area contributed by atoms with E-state index in [1.807, 2.05) is 0 Å². The third-order valence-corrected chi connectivity index (χ3v) is 15.4. The van der Waals surface area contributed by atoms with Crippen molar-refractivity contribution in [2.24, 2.45) is 0 Å². The van der Waals surface area contributed by atoms with Crippen molar-refractivity contribution in [2.75, 3.05) is 11.4 Å². The Labute approximate surface area is 445 Å². The molecule has 1 aliphatic rings. The molecule has 10 aromatic carbocycles. The quantitative estimate of drug-likeness (QED) is 0.160. The zero-order valence-corrected chi connectivity index (χ0v) is 42.0. The Balaban J connectivity index is 0.877. The number of benzene rings is 10. The van der Waals surface area contributed by atoms with Crippen LogP contribution in [0.25, 0.3) is 116 Å². The third kappa shape index (κ3) is 7.33. The highest BCUT2D eigenvalue weighted by Gasteiger charge is 2.22. The molecule has 0 amide bonds. The molecule has 0 unspecified atom stereocenters. The summed E-state index contributed by atoms with van der Waals surface area (Å²) >= 11 is 0. The Morgan fingerprint density at radius 2 is 0.844 bits per heavy atom. The summed E-state index contributed by atoms with van der Waals surface area (Å²) < 4.78 is 6.92. The molecule has 0 saturated heterocycles. The van der Waals surface area contributed by atoms with Crippen molar-refractivity contribution in [3.05, 3.63) is 285 Å². The molecular weight excluding hydrogens is 937 g/mol. The van der Waals surface area contributed by atoms with E-state index in [1.54, 1.807) is 0 Å². The fraction of sp³-hybridized carbons (Fsp3) is 0.0141. The van der Waals surface area contributed by atoms with E-state index in [9.17, 15) is 0 Å². The summed E-state index contributed by atoms with van der Waals surface area (Å²) in [6, 6.07) is 89.0. The summed E-state index contributed by atoms with van der Waals surface area (Å²) in [7, 11) is 0. The fourth-order valence-electron chi connectivity index (χ4n) is 11.9. The van der Waals surface area contributed by atoms with Crippen LogP contribution < -0.4 is 4.90 Å². The molecule has 6 heteroatoms. The van der Waals surface area contributed by atoms with Gasteiger partial charge in [0.25, 0.3) is 0 Å². The van der Waals surface area contributed by atoms with Crippen LogP contribution in [-0.4, -0.2) is 30.2 Å². The number of nitrogens with zero attached hydrogens (tertiary/aromatic N) is 6. The summed E-state index contributed by atoms with van der Waals surface area (Å²) in [6.45, 7) is 5.35. The number of allylic oxidation sites excluding steroid dienone is 4. The highest BCUT2D eigenvalue weighted by atomic mass is 15.2. The second kappa shape index (κ2) is 18.0. The van der Waals surface area contributed by atoms with Crippen molar-refractivity contribution in [3.63, 3.8) is 0 Å². The van der Waals surface area contributed by atoms with Crippen LogP contribution in [0.1, 0.15) is 11.1 Å². The predicted octanol–water partition coefficient (Wildman–Crippen LogP) is 17.9. The first-order valence-electron chi connectivity index (χ1n) is 26.2. The monoisotopic (exact) mass is 984 g/mol. The van der Waals surface area contributed by atoms with Crippen LogP contribution in [0.2, 0.25) is 0 Å². The van der Waals surface area contributed by atoms with E-state index < -0.39 is 0 Å². The maximum Gasteiger partial charge on any atom is 0.237 e. The number of fused-ring (bicyclic) bond motifs is 10. The van der Waals surface area contributed by atoms with Crippen LogP contribution in [0.15, 0.2) is 274 Å². The molecule has 0 saturated carbocycles. The van der Waals surface area contributed by atoms with E-state index in [-0.39, 0.29) is 0 Å². The van der Waals surface area contributed by atoms with Crippen LogP contribution in [0.5, 0.6) is 0 Å². The predicted molar refractivity (Wildman–Crippen MR) is 322 cm³/mol. The number of para-hydroxylation sites is 6. The maximum absolute atomic E-state index is 5.60. The molecule has 1 aliphatic heterocycles. The first-order valence-corrected chi connectivity index (χ1v) is 26.2. The van der Waals surface area contributed by atoms with Gasteiger partial charge in [0.15, 0.2) is 0 Å². The summed E-state index contributed by atoms with van der Waals surface area (Å²) in [5.41, 5.74) is 18.4. The average Bonchev–Trinajstić information content (AvgIpc) is 4.22. The zero-order chi connectivity index (χ0) is 51.0. The molecule has 15 rings (SSSR count). The zero-order valence-electron chi connectivity index (χ0n) is 42.0. The smallest absolute Gasteiger partial charge is 0.237 e. The van der Waals surface area contributed by atoms with E-state index in [2.05, 4.69) is 292 Å². The van der Waals surface area contributed by atoms with E-state index in [1.165, 1.54) is 21.8 Å². The van der Waals surface area contributed by atoms with E-state index in [0.29, 0.717) is 12.5 Å². The normalized spacial score (nSPS) is 14.0. The lowest BCUT2D eigenvalue weighted by atomic mass is 9.97. The van der Waals surface area contributed by atoms with Crippen molar-refractivity contribution in [2.45, 2.75) is 0 Å². The van der Waals surface area contributed by atoms with Crippen LogP contribution >= 0.6 is 0 Å². The minimum Gasteiger partial charge on any atom is -0.337 e. The van der Waals surface area contributed by atoms with Crippen molar-refractivity contribution in [1.82, 2.24) is 23.7 Å². The van der Waals surface area contributed by atoms with Crippen molar-refractivity contribution in [1.29, 1.82) is 0 Å². The van der Waals surface area contributed by atoms with Gasteiger partial charge < -0.3 is 9.47 Å². The van der Waals surface area contributed by atoms with Crippen LogP contribution in [-0.2, 0) is 0 Å². The summed E-state index contributed by atoms with van der Waals surface area (Å²) in [4.78, 5) is 13.4. The van der Waals surface area contributed by atoms with Gasteiger partial charge in [-0.05, 0) is 119 Å². The van der Waals surface area contributed by atoms with Gasteiger partial charge in [-0.15, -0.1) is 0 Å². The second-order valence-electron chi connectivity index (χ2n) is 19.9. The molecule has 0 fully saturated rings. The van der Waals surface area contributed by atoms with Gasteiger partial charge in [0.1, 0.15) is 5.82 Å². The fourth-order valence-corrected chi connectivity index (χ4v) is 11.9. The highest BCUT2D eigenvalue weighted by Crippen LogP contribution is 2.41. The summed E-state index contributed by atoms with van der Waals surface area (Å²) in [6.07, 6.45) is 6.73. The van der Waals surface area contributed by atoms with Crippen LogP contribution in [0.4, 0.5) is 11.4 Å². The van der Waals surface area contributed by atoms with E-state index in [0.717, 1.165) is 111 Å². The van der Waals surface area contributed by atoms with Gasteiger partial charge in [0.05, 0.1) is 38.8 Å². The Morgan fingerprint density at radius 1 is 0.364 bits per heavy atom. The molecule has 0 spiro atoms. The SMILES string of the molecule is C=C1/C=C(c2ccc3c(c2)c2ccccc2n3-c2cc(-c3ccccc3)nc(-n3c4ccccc4c4cc(-c5ccc6c(c5)c5ccccc5n6-c5ccccc5)ccc43)n2)\C=C/CN(c2ccccc2)c2ccccc21.